The predicted molar refractivity (Wildman–Crippen MR) is 85.7 cm³/mol. The van der Waals surface area contributed by atoms with Crippen LogP contribution in [-0.4, -0.2) is 23.0 Å². The molecule has 1 atom stereocenters. The Bertz CT molecular complexity index is 610. The lowest BCUT2D eigenvalue weighted by atomic mass is 9.96. The molecule has 1 aromatic heterocycles. The summed E-state index contributed by atoms with van der Waals surface area (Å²) in [5.41, 5.74) is 2.41. The third-order valence-electron chi connectivity index (χ3n) is 3.97. The molecule has 3 rings (SSSR count). The zero-order chi connectivity index (χ0) is 14.3. The van der Waals surface area contributed by atoms with Crippen LogP contribution in [0.2, 0.25) is 0 Å². The first kappa shape index (κ1) is 13.9. The van der Waals surface area contributed by atoms with E-state index in [2.05, 4.69) is 39.9 Å². The number of piperidine rings is 1. The molecule has 0 spiro atoms. The first-order valence-electron chi connectivity index (χ1n) is 7.61. The van der Waals surface area contributed by atoms with Crippen LogP contribution in [0.4, 0.5) is 0 Å². The molecule has 0 unspecified atom stereocenters. The van der Waals surface area contributed by atoms with Gasteiger partial charge in [0.25, 0.3) is 0 Å². The van der Waals surface area contributed by atoms with Crippen LogP contribution < -0.4 is 0 Å². The van der Waals surface area contributed by atoms with E-state index in [1.54, 1.807) is 0 Å². The fourth-order valence-corrected chi connectivity index (χ4v) is 2.90. The Kier molecular flexibility index (Phi) is 4.66. The van der Waals surface area contributed by atoms with Crippen molar-refractivity contribution < 1.29 is 0 Å². The minimum atomic E-state index is 0.470. The van der Waals surface area contributed by atoms with Gasteiger partial charge in [-0.3, -0.25) is 9.88 Å². The maximum Gasteiger partial charge on any atom is 0.0610 e. The van der Waals surface area contributed by atoms with E-state index >= 15 is 0 Å². The summed E-state index contributed by atoms with van der Waals surface area (Å²) in [6, 6.07) is 14.9. The van der Waals surface area contributed by atoms with E-state index in [0.717, 1.165) is 18.7 Å². The first-order valence-corrected chi connectivity index (χ1v) is 7.61. The average Bonchev–Trinajstić information content (AvgIpc) is 2.57. The summed E-state index contributed by atoms with van der Waals surface area (Å²) in [5, 5.41) is 0. The fraction of sp³-hybridized carbons (Fsp3) is 0.316. The molecule has 106 valence electrons. The van der Waals surface area contributed by atoms with E-state index in [1.807, 2.05) is 36.7 Å². The number of hydrogen-bond donors (Lipinski definition) is 0. The largest absolute Gasteiger partial charge is 0.285 e. The van der Waals surface area contributed by atoms with Crippen LogP contribution >= 0.6 is 0 Å². The Morgan fingerprint density at radius 1 is 1.10 bits per heavy atom. The summed E-state index contributed by atoms with van der Waals surface area (Å²) in [6.07, 6.45) is 7.60. The van der Waals surface area contributed by atoms with Crippen molar-refractivity contribution in [1.29, 1.82) is 0 Å². The lowest BCUT2D eigenvalue weighted by molar-refractivity contribution is 0.169. The van der Waals surface area contributed by atoms with Crippen molar-refractivity contribution in [2.45, 2.75) is 25.3 Å². The van der Waals surface area contributed by atoms with Gasteiger partial charge in [-0.2, -0.15) is 0 Å². The average molecular weight is 276 g/mol. The molecule has 1 aliphatic rings. The fourth-order valence-electron chi connectivity index (χ4n) is 2.90. The molecule has 0 amide bonds. The Morgan fingerprint density at radius 3 is 2.81 bits per heavy atom. The van der Waals surface area contributed by atoms with Crippen LogP contribution in [-0.2, 0) is 0 Å². The lowest BCUT2D eigenvalue weighted by Crippen LogP contribution is -2.33. The first-order chi connectivity index (χ1) is 10.4. The molecule has 1 aromatic carbocycles. The number of rotatable bonds is 2. The molecule has 2 heteroatoms. The standard InChI is InChI=1S/C19H20N2/c1-2-8-17(9-3-1)10-7-15-21-14-5-4-12-19(21)18-11-6-13-20-16-18/h1-3,6,8-9,11,13,16,19H,4-5,12,14-15H2/t19-/m0/s1. The molecular weight excluding hydrogens is 256 g/mol. The van der Waals surface area contributed by atoms with Gasteiger partial charge < -0.3 is 0 Å². The van der Waals surface area contributed by atoms with E-state index in [0.29, 0.717) is 6.04 Å². The van der Waals surface area contributed by atoms with E-state index in [9.17, 15) is 0 Å². The predicted octanol–water partition coefficient (Wildman–Crippen LogP) is 3.66. The van der Waals surface area contributed by atoms with Gasteiger partial charge in [-0.15, -0.1) is 0 Å². The maximum atomic E-state index is 4.26. The van der Waals surface area contributed by atoms with E-state index in [4.69, 9.17) is 0 Å². The highest BCUT2D eigenvalue weighted by molar-refractivity contribution is 5.34. The molecule has 1 saturated heterocycles. The highest BCUT2D eigenvalue weighted by Gasteiger charge is 2.22. The second kappa shape index (κ2) is 7.06. The van der Waals surface area contributed by atoms with Crippen LogP contribution in [0.3, 0.4) is 0 Å². The Labute approximate surface area is 126 Å². The van der Waals surface area contributed by atoms with E-state index in [1.165, 1.54) is 24.8 Å². The monoisotopic (exact) mass is 276 g/mol. The highest BCUT2D eigenvalue weighted by atomic mass is 15.2. The number of nitrogens with zero attached hydrogens (tertiary/aromatic N) is 2. The minimum absolute atomic E-state index is 0.470. The van der Waals surface area contributed by atoms with Gasteiger partial charge >= 0.3 is 0 Å². The number of likely N-dealkylation sites (tertiary alicyclic amines) is 1. The number of aromatic nitrogens is 1. The molecule has 0 N–H and O–H groups in total. The third-order valence-corrected chi connectivity index (χ3v) is 3.97. The summed E-state index contributed by atoms with van der Waals surface area (Å²) in [5.74, 6) is 6.58. The molecule has 21 heavy (non-hydrogen) atoms. The van der Waals surface area contributed by atoms with Crippen molar-refractivity contribution in [3.8, 4) is 11.8 Å². The molecule has 0 bridgehead atoms. The Morgan fingerprint density at radius 2 is 2.00 bits per heavy atom. The molecule has 2 nitrogen and oxygen atoms in total. The normalized spacial score (nSPS) is 18.8. The summed E-state index contributed by atoms with van der Waals surface area (Å²) in [4.78, 5) is 6.74. The number of benzene rings is 1. The maximum absolute atomic E-state index is 4.26. The van der Waals surface area contributed by atoms with Crippen LogP contribution in [0.15, 0.2) is 54.9 Å². The second-order valence-electron chi connectivity index (χ2n) is 5.44. The third kappa shape index (κ3) is 3.71. The van der Waals surface area contributed by atoms with Gasteiger partial charge in [-0.25, -0.2) is 0 Å². The Hall–Kier alpha value is -2.11. The van der Waals surface area contributed by atoms with Gasteiger partial charge in [-0.1, -0.05) is 42.5 Å². The van der Waals surface area contributed by atoms with Crippen LogP contribution in [0, 0.1) is 11.8 Å². The molecule has 0 saturated carbocycles. The Balaban J connectivity index is 1.69. The summed E-state index contributed by atoms with van der Waals surface area (Å²) in [6.45, 7) is 1.96. The van der Waals surface area contributed by atoms with Crippen molar-refractivity contribution in [3.05, 3.63) is 66.0 Å². The van der Waals surface area contributed by atoms with Gasteiger partial charge in [0.1, 0.15) is 0 Å². The molecular formula is C19H20N2. The molecule has 2 heterocycles. The van der Waals surface area contributed by atoms with Gasteiger partial charge in [0.15, 0.2) is 0 Å². The smallest absolute Gasteiger partial charge is 0.0610 e. The quantitative estimate of drug-likeness (QED) is 0.778. The van der Waals surface area contributed by atoms with Gasteiger partial charge in [0, 0.05) is 24.0 Å². The van der Waals surface area contributed by atoms with Gasteiger partial charge in [-0.05, 0) is 43.1 Å². The molecule has 0 aliphatic carbocycles. The lowest BCUT2D eigenvalue weighted by Gasteiger charge is -2.34. The van der Waals surface area contributed by atoms with Crippen LogP contribution in [0.25, 0.3) is 0 Å². The summed E-state index contributed by atoms with van der Waals surface area (Å²) >= 11 is 0. The molecule has 1 aliphatic heterocycles. The topological polar surface area (TPSA) is 16.1 Å². The van der Waals surface area contributed by atoms with Gasteiger partial charge in [0.2, 0.25) is 0 Å². The van der Waals surface area contributed by atoms with Crippen LogP contribution in [0.5, 0.6) is 0 Å². The van der Waals surface area contributed by atoms with E-state index in [-0.39, 0.29) is 0 Å². The summed E-state index contributed by atoms with van der Waals surface area (Å²) < 4.78 is 0. The van der Waals surface area contributed by atoms with Crippen molar-refractivity contribution in [2.24, 2.45) is 0 Å². The SMILES string of the molecule is C(#Cc1ccccc1)CN1CCCC[C@H]1c1cccnc1. The zero-order valence-electron chi connectivity index (χ0n) is 12.2. The molecule has 1 fully saturated rings. The van der Waals surface area contributed by atoms with Crippen molar-refractivity contribution >= 4 is 0 Å². The summed E-state index contributed by atoms with van der Waals surface area (Å²) in [7, 11) is 0. The van der Waals surface area contributed by atoms with Crippen LogP contribution in [0.1, 0.15) is 36.4 Å². The minimum Gasteiger partial charge on any atom is -0.285 e. The molecule has 0 radical (unpaired) electrons. The van der Waals surface area contributed by atoms with Gasteiger partial charge in [0.05, 0.1) is 6.54 Å². The van der Waals surface area contributed by atoms with Crippen molar-refractivity contribution in [3.63, 3.8) is 0 Å². The van der Waals surface area contributed by atoms with Crippen molar-refractivity contribution in [1.82, 2.24) is 9.88 Å². The van der Waals surface area contributed by atoms with E-state index < -0.39 is 0 Å². The zero-order valence-corrected chi connectivity index (χ0v) is 12.2. The number of hydrogen-bond acceptors (Lipinski definition) is 2. The molecule has 2 aromatic rings. The highest BCUT2D eigenvalue weighted by Crippen LogP contribution is 2.29. The van der Waals surface area contributed by atoms with Crippen molar-refractivity contribution in [2.75, 3.05) is 13.1 Å². The number of pyridine rings is 1. The second-order valence-corrected chi connectivity index (χ2v) is 5.44.